The molecule has 1 fully saturated rings. The fourth-order valence-electron chi connectivity index (χ4n) is 1.65. The number of nitrogens with zero attached hydrogens (tertiary/aromatic N) is 2. The number of amides is 2. The lowest BCUT2D eigenvalue weighted by molar-refractivity contribution is -0.152. The Balaban J connectivity index is 1.72. The van der Waals surface area contributed by atoms with Crippen molar-refractivity contribution >= 4 is 18.0 Å². The molecule has 1 saturated heterocycles. The van der Waals surface area contributed by atoms with Crippen molar-refractivity contribution in [2.75, 3.05) is 26.4 Å². The second-order valence-electron chi connectivity index (χ2n) is 4.25. The van der Waals surface area contributed by atoms with Gasteiger partial charge < -0.3 is 14.2 Å². The third kappa shape index (κ3) is 3.96. The van der Waals surface area contributed by atoms with Crippen molar-refractivity contribution in [1.82, 2.24) is 4.90 Å². The van der Waals surface area contributed by atoms with Gasteiger partial charge in [-0.3, -0.25) is 4.79 Å². The number of hydrogen-bond acceptors (Lipinski definition) is 7. The highest BCUT2D eigenvalue weighted by molar-refractivity contribution is 5.94. The molecule has 1 aromatic rings. The van der Waals surface area contributed by atoms with Crippen LogP contribution in [0.25, 0.3) is 0 Å². The van der Waals surface area contributed by atoms with Crippen LogP contribution in [-0.2, 0) is 19.1 Å². The second-order valence-corrected chi connectivity index (χ2v) is 4.25. The van der Waals surface area contributed by atoms with Gasteiger partial charge >= 0.3 is 12.1 Å². The number of carbonyl (C=O) groups is 3. The normalized spacial score (nSPS) is 13.2. The van der Waals surface area contributed by atoms with Crippen molar-refractivity contribution in [3.05, 3.63) is 29.8 Å². The fourth-order valence-corrected chi connectivity index (χ4v) is 1.65. The number of ether oxygens (including phenoxy) is 3. The van der Waals surface area contributed by atoms with Crippen LogP contribution in [0.1, 0.15) is 5.56 Å². The summed E-state index contributed by atoms with van der Waals surface area (Å²) in [6.07, 6.45) is -0.741. The summed E-state index contributed by atoms with van der Waals surface area (Å²) in [5.74, 6) is -0.995. The summed E-state index contributed by atoms with van der Waals surface area (Å²) in [5, 5.41) is 8.64. The Hall–Kier alpha value is -3.08. The molecular weight excluding hydrogens is 292 g/mol. The van der Waals surface area contributed by atoms with Crippen molar-refractivity contribution in [2.45, 2.75) is 0 Å². The molecular formula is C14H12N2O6. The van der Waals surface area contributed by atoms with Crippen molar-refractivity contribution in [2.24, 2.45) is 0 Å². The first-order valence-electron chi connectivity index (χ1n) is 6.36. The number of hydrogen-bond donors (Lipinski definition) is 0. The maximum absolute atomic E-state index is 11.6. The average Bonchev–Trinajstić information content (AvgIpc) is 2.97. The van der Waals surface area contributed by atoms with Crippen molar-refractivity contribution in [3.8, 4) is 11.8 Å². The minimum absolute atomic E-state index is 0.139. The Morgan fingerprint density at radius 1 is 1.27 bits per heavy atom. The topological polar surface area (TPSA) is 106 Å². The highest BCUT2D eigenvalue weighted by Gasteiger charge is 2.28. The smallest absolute Gasteiger partial charge is 0.416 e. The molecule has 0 bridgehead atoms. The Morgan fingerprint density at radius 2 is 2.00 bits per heavy atom. The summed E-state index contributed by atoms with van der Waals surface area (Å²) >= 11 is 0. The summed E-state index contributed by atoms with van der Waals surface area (Å²) in [4.78, 5) is 35.0. The summed E-state index contributed by atoms with van der Waals surface area (Å²) in [6.45, 7) is -0.647. The van der Waals surface area contributed by atoms with E-state index in [0.717, 1.165) is 4.90 Å². The molecule has 0 saturated carbocycles. The van der Waals surface area contributed by atoms with Gasteiger partial charge in [0.1, 0.15) is 12.4 Å². The van der Waals surface area contributed by atoms with E-state index in [-0.39, 0.29) is 19.8 Å². The maximum atomic E-state index is 11.6. The molecule has 2 amide bonds. The molecule has 1 aromatic carbocycles. The second kappa shape index (κ2) is 7.08. The number of nitriles is 1. The zero-order valence-corrected chi connectivity index (χ0v) is 11.5. The van der Waals surface area contributed by atoms with Gasteiger partial charge in [0.2, 0.25) is 0 Å². The van der Waals surface area contributed by atoms with E-state index in [9.17, 15) is 14.4 Å². The Labute approximate surface area is 125 Å². The lowest BCUT2D eigenvalue weighted by Crippen LogP contribution is -2.35. The van der Waals surface area contributed by atoms with E-state index < -0.39 is 24.6 Å². The van der Waals surface area contributed by atoms with Gasteiger partial charge in [-0.25, -0.2) is 14.5 Å². The van der Waals surface area contributed by atoms with Crippen LogP contribution in [0.4, 0.5) is 4.79 Å². The van der Waals surface area contributed by atoms with E-state index in [1.807, 2.05) is 6.07 Å². The molecule has 0 atom stereocenters. The third-order valence-corrected chi connectivity index (χ3v) is 2.76. The van der Waals surface area contributed by atoms with E-state index in [4.69, 9.17) is 14.7 Å². The van der Waals surface area contributed by atoms with Crippen molar-refractivity contribution in [3.63, 3.8) is 0 Å². The minimum atomic E-state index is -0.745. The molecule has 0 aliphatic carbocycles. The summed E-state index contributed by atoms with van der Waals surface area (Å²) < 4.78 is 14.5. The Kier molecular flexibility index (Phi) is 4.93. The molecule has 0 N–H and O–H groups in total. The van der Waals surface area contributed by atoms with Crippen LogP contribution in [0.2, 0.25) is 0 Å². The van der Waals surface area contributed by atoms with E-state index in [0.29, 0.717) is 11.3 Å². The Bertz CT molecular complexity index is 619. The predicted octanol–water partition coefficient (Wildman–Crippen LogP) is 0.459. The van der Waals surface area contributed by atoms with Crippen LogP contribution in [0.15, 0.2) is 24.3 Å². The first kappa shape index (κ1) is 15.3. The first-order valence-corrected chi connectivity index (χ1v) is 6.36. The lowest BCUT2D eigenvalue weighted by atomic mass is 10.2. The van der Waals surface area contributed by atoms with E-state index >= 15 is 0 Å². The first-order chi connectivity index (χ1) is 10.6. The van der Waals surface area contributed by atoms with E-state index in [1.54, 1.807) is 12.1 Å². The van der Waals surface area contributed by atoms with Gasteiger partial charge in [0, 0.05) is 0 Å². The molecule has 8 nitrogen and oxygen atoms in total. The van der Waals surface area contributed by atoms with Gasteiger partial charge in [-0.05, 0) is 24.3 Å². The van der Waals surface area contributed by atoms with Gasteiger partial charge in [0.25, 0.3) is 5.91 Å². The van der Waals surface area contributed by atoms with Crippen LogP contribution in [0.5, 0.6) is 5.75 Å². The zero-order valence-electron chi connectivity index (χ0n) is 11.5. The maximum Gasteiger partial charge on any atom is 0.416 e. The Morgan fingerprint density at radius 3 is 2.59 bits per heavy atom. The lowest BCUT2D eigenvalue weighted by Gasteiger charge is -2.11. The number of benzene rings is 1. The monoisotopic (exact) mass is 304 g/mol. The molecule has 2 rings (SSSR count). The average molecular weight is 304 g/mol. The van der Waals surface area contributed by atoms with Gasteiger partial charge in [-0.15, -0.1) is 0 Å². The quantitative estimate of drug-likeness (QED) is 0.727. The molecule has 114 valence electrons. The highest BCUT2D eigenvalue weighted by atomic mass is 16.6. The van der Waals surface area contributed by atoms with Crippen LogP contribution in [-0.4, -0.2) is 49.2 Å². The summed E-state index contributed by atoms with van der Waals surface area (Å²) in [7, 11) is 0. The highest BCUT2D eigenvalue weighted by Crippen LogP contribution is 2.11. The standard InChI is InChI=1S/C14H12N2O6/c15-7-10-1-3-11(4-2-10)21-9-13(18)22-8-12(17)16-5-6-20-14(16)19/h1-4H,5-6,8-9H2. The zero-order chi connectivity index (χ0) is 15.9. The molecule has 0 aromatic heterocycles. The van der Waals surface area contributed by atoms with E-state index in [1.165, 1.54) is 12.1 Å². The molecule has 0 radical (unpaired) electrons. The third-order valence-electron chi connectivity index (χ3n) is 2.76. The van der Waals surface area contributed by atoms with Gasteiger partial charge in [0.15, 0.2) is 13.2 Å². The number of esters is 1. The van der Waals surface area contributed by atoms with Gasteiger partial charge in [-0.2, -0.15) is 5.26 Å². The SMILES string of the molecule is N#Cc1ccc(OCC(=O)OCC(=O)N2CCOC2=O)cc1. The number of carbonyl (C=O) groups excluding carboxylic acids is 3. The van der Waals surface area contributed by atoms with Crippen LogP contribution < -0.4 is 4.74 Å². The number of cyclic esters (lactones) is 1. The summed E-state index contributed by atoms with van der Waals surface area (Å²) in [5.41, 5.74) is 0.470. The molecule has 8 heteroatoms. The summed E-state index contributed by atoms with van der Waals surface area (Å²) in [6, 6.07) is 8.12. The van der Waals surface area contributed by atoms with Crippen LogP contribution in [0.3, 0.4) is 0 Å². The van der Waals surface area contributed by atoms with Gasteiger partial charge in [0.05, 0.1) is 18.2 Å². The van der Waals surface area contributed by atoms with Crippen LogP contribution >= 0.6 is 0 Å². The molecule has 1 heterocycles. The fraction of sp³-hybridized carbons (Fsp3) is 0.286. The molecule has 1 aliphatic rings. The largest absolute Gasteiger partial charge is 0.482 e. The minimum Gasteiger partial charge on any atom is -0.482 e. The van der Waals surface area contributed by atoms with E-state index in [2.05, 4.69) is 4.74 Å². The predicted molar refractivity (Wildman–Crippen MR) is 70.7 cm³/mol. The van der Waals surface area contributed by atoms with Crippen LogP contribution in [0, 0.1) is 11.3 Å². The number of imide groups is 1. The molecule has 22 heavy (non-hydrogen) atoms. The van der Waals surface area contributed by atoms with Crippen molar-refractivity contribution < 1.29 is 28.6 Å². The molecule has 1 aliphatic heterocycles. The number of rotatable bonds is 5. The molecule has 0 unspecified atom stereocenters. The van der Waals surface area contributed by atoms with Crippen molar-refractivity contribution in [1.29, 1.82) is 5.26 Å². The van der Waals surface area contributed by atoms with Gasteiger partial charge in [-0.1, -0.05) is 0 Å². The molecule has 0 spiro atoms.